The average molecular weight is 444 g/mol. The first-order valence-corrected chi connectivity index (χ1v) is 8.56. The van der Waals surface area contributed by atoms with E-state index in [0.29, 0.717) is 10.7 Å². The molecule has 0 aliphatic heterocycles. The minimum absolute atomic E-state index is 0.141. The molecule has 1 aromatic heterocycles. The number of hydrogen-bond acceptors (Lipinski definition) is 6. The van der Waals surface area contributed by atoms with Crippen LogP contribution in [0.3, 0.4) is 0 Å². The maximum absolute atomic E-state index is 12.7. The van der Waals surface area contributed by atoms with Gasteiger partial charge < -0.3 is 10.6 Å². The topological polar surface area (TPSA) is 93.0 Å². The van der Waals surface area contributed by atoms with Crippen LogP contribution in [-0.4, -0.2) is 14.9 Å². The highest BCUT2D eigenvalue weighted by Crippen LogP contribution is 2.35. The van der Waals surface area contributed by atoms with Gasteiger partial charge in [0.05, 0.1) is 20.5 Å². The maximum Gasteiger partial charge on any atom is 0.416 e. The molecule has 0 unspecified atom stereocenters. The molecule has 0 spiro atoms. The first-order valence-electron chi connectivity index (χ1n) is 7.81. The minimum Gasteiger partial charge on any atom is -0.334 e. The zero-order valence-electron chi connectivity index (χ0n) is 14.2. The van der Waals surface area contributed by atoms with E-state index in [0.717, 1.165) is 30.6 Å². The van der Waals surface area contributed by atoms with Crippen LogP contribution in [0.4, 0.5) is 41.9 Å². The van der Waals surface area contributed by atoms with Gasteiger partial charge in [0.2, 0.25) is 11.6 Å². The van der Waals surface area contributed by atoms with Gasteiger partial charge in [0.15, 0.2) is 0 Å². The molecule has 0 saturated heterocycles. The molecule has 0 aliphatic rings. The minimum atomic E-state index is -4.49. The second-order valence-corrected chi connectivity index (χ2v) is 6.44. The van der Waals surface area contributed by atoms with Gasteiger partial charge in [0.25, 0.3) is 0 Å². The SMILES string of the molecule is O=[N+]([O-])c1c(Nc2ccc(C(F)(F)F)cc2)ncnc1Nc1ccc(Cl)c(Cl)c1. The van der Waals surface area contributed by atoms with Crippen LogP contribution in [0.5, 0.6) is 0 Å². The fraction of sp³-hybridized carbons (Fsp3) is 0.0588. The van der Waals surface area contributed by atoms with Crippen LogP contribution in [0.1, 0.15) is 5.56 Å². The molecular formula is C17H10Cl2F3N5O2. The summed E-state index contributed by atoms with van der Waals surface area (Å²) < 4.78 is 38.0. The lowest BCUT2D eigenvalue weighted by Crippen LogP contribution is -2.06. The van der Waals surface area contributed by atoms with E-state index in [2.05, 4.69) is 20.6 Å². The van der Waals surface area contributed by atoms with E-state index in [1.165, 1.54) is 12.1 Å². The number of nitrogens with one attached hydrogen (secondary N) is 2. The van der Waals surface area contributed by atoms with E-state index < -0.39 is 22.4 Å². The predicted molar refractivity (Wildman–Crippen MR) is 103 cm³/mol. The van der Waals surface area contributed by atoms with Crippen molar-refractivity contribution in [3.8, 4) is 0 Å². The van der Waals surface area contributed by atoms with E-state index in [1.54, 1.807) is 6.07 Å². The smallest absolute Gasteiger partial charge is 0.334 e. The molecule has 0 amide bonds. The van der Waals surface area contributed by atoms with Gasteiger partial charge in [-0.05, 0) is 42.5 Å². The van der Waals surface area contributed by atoms with Gasteiger partial charge in [-0.15, -0.1) is 0 Å². The van der Waals surface area contributed by atoms with Crippen LogP contribution in [0.2, 0.25) is 10.0 Å². The molecule has 0 bridgehead atoms. The molecule has 0 aliphatic carbocycles. The lowest BCUT2D eigenvalue weighted by atomic mass is 10.2. The third-order valence-corrected chi connectivity index (χ3v) is 4.40. The molecule has 2 N–H and O–H groups in total. The molecule has 0 saturated carbocycles. The van der Waals surface area contributed by atoms with E-state index >= 15 is 0 Å². The second-order valence-electron chi connectivity index (χ2n) is 5.63. The highest BCUT2D eigenvalue weighted by molar-refractivity contribution is 6.42. The maximum atomic E-state index is 12.7. The molecule has 0 fully saturated rings. The monoisotopic (exact) mass is 443 g/mol. The highest BCUT2D eigenvalue weighted by atomic mass is 35.5. The molecule has 2 aromatic carbocycles. The van der Waals surface area contributed by atoms with Crippen LogP contribution in [-0.2, 0) is 6.18 Å². The van der Waals surface area contributed by atoms with Crippen molar-refractivity contribution in [2.45, 2.75) is 6.18 Å². The van der Waals surface area contributed by atoms with Gasteiger partial charge in [0.1, 0.15) is 6.33 Å². The van der Waals surface area contributed by atoms with E-state index in [1.807, 2.05) is 0 Å². The Labute approximate surface area is 171 Å². The Hall–Kier alpha value is -3.11. The number of rotatable bonds is 5. The molecule has 0 atom stereocenters. The van der Waals surface area contributed by atoms with Crippen LogP contribution in [0.15, 0.2) is 48.8 Å². The zero-order valence-corrected chi connectivity index (χ0v) is 15.7. The second kappa shape index (κ2) is 8.10. The van der Waals surface area contributed by atoms with Crippen molar-refractivity contribution in [1.82, 2.24) is 9.97 Å². The summed E-state index contributed by atoms with van der Waals surface area (Å²) in [6.07, 6.45) is -3.42. The molecule has 150 valence electrons. The van der Waals surface area contributed by atoms with Crippen molar-refractivity contribution in [3.05, 3.63) is 74.5 Å². The average Bonchev–Trinajstić information content (AvgIpc) is 2.64. The van der Waals surface area contributed by atoms with Crippen LogP contribution in [0.25, 0.3) is 0 Å². The third-order valence-electron chi connectivity index (χ3n) is 3.66. The predicted octanol–water partition coefficient (Wildman–Crippen LogP) is 6.20. The summed E-state index contributed by atoms with van der Waals surface area (Å²) in [7, 11) is 0. The highest BCUT2D eigenvalue weighted by Gasteiger charge is 2.30. The Kier molecular flexibility index (Phi) is 5.76. The largest absolute Gasteiger partial charge is 0.416 e. The third kappa shape index (κ3) is 4.84. The van der Waals surface area contributed by atoms with E-state index in [9.17, 15) is 23.3 Å². The summed E-state index contributed by atoms with van der Waals surface area (Å²) in [5.74, 6) is -0.342. The number of benzene rings is 2. The summed E-state index contributed by atoms with van der Waals surface area (Å²) in [5.41, 5.74) is -0.775. The number of nitrogens with zero attached hydrogens (tertiary/aromatic N) is 3. The first-order chi connectivity index (χ1) is 13.6. The van der Waals surface area contributed by atoms with Gasteiger partial charge in [-0.1, -0.05) is 23.2 Å². The van der Waals surface area contributed by atoms with Crippen LogP contribution >= 0.6 is 23.2 Å². The lowest BCUT2D eigenvalue weighted by Gasteiger charge is -2.11. The van der Waals surface area contributed by atoms with Gasteiger partial charge in [0, 0.05) is 11.4 Å². The van der Waals surface area contributed by atoms with Crippen molar-refractivity contribution >= 4 is 51.9 Å². The molecule has 3 rings (SSSR count). The molecule has 1 heterocycles. The normalized spacial score (nSPS) is 11.2. The molecule has 7 nitrogen and oxygen atoms in total. The summed E-state index contributed by atoms with van der Waals surface area (Å²) in [6, 6.07) is 8.48. The number of aromatic nitrogens is 2. The number of hydrogen-bond donors (Lipinski definition) is 2. The fourth-order valence-electron chi connectivity index (χ4n) is 2.32. The van der Waals surface area contributed by atoms with Crippen LogP contribution < -0.4 is 10.6 Å². The summed E-state index contributed by atoms with van der Waals surface area (Å²) in [6.45, 7) is 0. The summed E-state index contributed by atoms with van der Waals surface area (Å²) >= 11 is 11.8. The summed E-state index contributed by atoms with van der Waals surface area (Å²) in [4.78, 5) is 18.6. The van der Waals surface area contributed by atoms with Gasteiger partial charge in [-0.2, -0.15) is 13.2 Å². The Balaban J connectivity index is 1.92. The van der Waals surface area contributed by atoms with Crippen molar-refractivity contribution in [2.24, 2.45) is 0 Å². The molecule has 12 heteroatoms. The van der Waals surface area contributed by atoms with Crippen molar-refractivity contribution < 1.29 is 18.1 Å². The van der Waals surface area contributed by atoms with Gasteiger partial charge >= 0.3 is 11.9 Å². The molecule has 0 radical (unpaired) electrons. The lowest BCUT2D eigenvalue weighted by molar-refractivity contribution is -0.383. The Morgan fingerprint density at radius 1 is 0.897 bits per heavy atom. The molecule has 29 heavy (non-hydrogen) atoms. The van der Waals surface area contributed by atoms with Crippen molar-refractivity contribution in [2.75, 3.05) is 10.6 Å². The van der Waals surface area contributed by atoms with Crippen LogP contribution in [0, 0.1) is 10.1 Å². The van der Waals surface area contributed by atoms with Crippen molar-refractivity contribution in [1.29, 1.82) is 0 Å². The number of alkyl halides is 3. The van der Waals surface area contributed by atoms with E-state index in [-0.39, 0.29) is 22.3 Å². The Bertz CT molecular complexity index is 1060. The summed E-state index contributed by atoms with van der Waals surface area (Å²) in [5, 5.41) is 17.5. The van der Waals surface area contributed by atoms with Crippen molar-refractivity contribution in [3.63, 3.8) is 0 Å². The first kappa shape index (κ1) is 20.6. The quantitative estimate of drug-likeness (QED) is 0.360. The zero-order chi connectivity index (χ0) is 21.2. The molecule has 3 aromatic rings. The van der Waals surface area contributed by atoms with E-state index in [4.69, 9.17) is 23.2 Å². The standard InChI is InChI=1S/C17H10Cl2F3N5O2/c18-12-6-5-11(7-13(12)19)26-16-14(27(28)29)15(23-8-24-16)25-10-3-1-9(2-4-10)17(20,21)22/h1-8H,(H2,23,24,25,26). The van der Waals surface area contributed by atoms with Gasteiger partial charge in [-0.3, -0.25) is 10.1 Å². The Morgan fingerprint density at radius 2 is 1.45 bits per heavy atom. The Morgan fingerprint density at radius 3 is 1.97 bits per heavy atom. The number of anilines is 4. The number of nitro groups is 1. The van der Waals surface area contributed by atoms with Gasteiger partial charge in [-0.25, -0.2) is 9.97 Å². The number of halogens is 5. The molecular weight excluding hydrogens is 434 g/mol. The fourth-order valence-corrected chi connectivity index (χ4v) is 2.62.